The van der Waals surface area contributed by atoms with Crippen LogP contribution in [-0.4, -0.2) is 13.0 Å². The molecule has 0 aliphatic rings. The highest BCUT2D eigenvalue weighted by Gasteiger charge is 2.09. The maximum atomic E-state index is 11.2. The lowest BCUT2D eigenvalue weighted by molar-refractivity contribution is 0.0999. The fourth-order valence-corrected chi connectivity index (χ4v) is 2.18. The number of carbonyl (C=O) groups is 1. The monoisotopic (exact) mass is 335 g/mol. The normalized spacial score (nSPS) is 10.1. The van der Waals surface area contributed by atoms with E-state index in [2.05, 4.69) is 15.9 Å². The van der Waals surface area contributed by atoms with E-state index >= 15 is 0 Å². The zero-order chi connectivity index (χ0) is 14.5. The third-order valence-corrected chi connectivity index (χ3v) is 3.22. The molecule has 0 saturated heterocycles. The summed E-state index contributed by atoms with van der Waals surface area (Å²) in [6.45, 7) is 0.373. The Hall–Kier alpha value is -2.01. The van der Waals surface area contributed by atoms with Crippen LogP contribution in [0.3, 0.4) is 0 Å². The fourth-order valence-electron chi connectivity index (χ4n) is 1.73. The van der Waals surface area contributed by atoms with E-state index in [9.17, 15) is 4.79 Å². The lowest BCUT2D eigenvalue weighted by Crippen LogP contribution is -2.11. The highest BCUT2D eigenvalue weighted by molar-refractivity contribution is 9.10. The predicted octanol–water partition coefficient (Wildman–Crippen LogP) is 3.14. The molecular formula is C15H14BrNO3. The third-order valence-electron chi connectivity index (χ3n) is 2.73. The second-order valence-electron chi connectivity index (χ2n) is 4.15. The number of carbonyl (C=O) groups excluding carboxylic acids is 1. The minimum atomic E-state index is -0.500. The average molecular weight is 336 g/mol. The summed E-state index contributed by atoms with van der Waals surface area (Å²) in [6.07, 6.45) is 0. The molecule has 0 aliphatic heterocycles. The Balaban J connectivity index is 2.19. The van der Waals surface area contributed by atoms with Gasteiger partial charge in [0.25, 0.3) is 0 Å². The molecule has 4 nitrogen and oxygen atoms in total. The minimum Gasteiger partial charge on any atom is -0.493 e. The molecule has 0 atom stereocenters. The van der Waals surface area contributed by atoms with Gasteiger partial charge < -0.3 is 15.2 Å². The molecule has 0 heterocycles. The predicted molar refractivity (Wildman–Crippen MR) is 80.0 cm³/mol. The number of primary amides is 1. The Kier molecular flexibility index (Phi) is 4.63. The summed E-state index contributed by atoms with van der Waals surface area (Å²) >= 11 is 3.41. The topological polar surface area (TPSA) is 61.5 Å². The summed E-state index contributed by atoms with van der Waals surface area (Å²) in [4.78, 5) is 11.2. The lowest BCUT2D eigenvalue weighted by Gasteiger charge is -2.11. The van der Waals surface area contributed by atoms with E-state index in [4.69, 9.17) is 15.2 Å². The van der Waals surface area contributed by atoms with Crippen molar-refractivity contribution in [2.75, 3.05) is 7.11 Å². The van der Waals surface area contributed by atoms with Crippen LogP contribution in [0.2, 0.25) is 0 Å². The lowest BCUT2D eigenvalue weighted by atomic mass is 10.2. The molecule has 20 heavy (non-hydrogen) atoms. The van der Waals surface area contributed by atoms with Crippen molar-refractivity contribution in [3.05, 3.63) is 58.1 Å². The van der Waals surface area contributed by atoms with Crippen molar-refractivity contribution in [2.45, 2.75) is 6.61 Å². The highest BCUT2D eigenvalue weighted by Crippen LogP contribution is 2.29. The van der Waals surface area contributed by atoms with Crippen molar-refractivity contribution in [2.24, 2.45) is 5.73 Å². The minimum absolute atomic E-state index is 0.373. The van der Waals surface area contributed by atoms with Gasteiger partial charge in [0.2, 0.25) is 5.91 Å². The summed E-state index contributed by atoms with van der Waals surface area (Å²) in [5.41, 5.74) is 6.65. The molecule has 0 radical (unpaired) electrons. The van der Waals surface area contributed by atoms with Crippen molar-refractivity contribution in [1.29, 1.82) is 0 Å². The number of methoxy groups -OCH3 is 1. The van der Waals surface area contributed by atoms with Crippen LogP contribution >= 0.6 is 15.9 Å². The average Bonchev–Trinajstić information content (AvgIpc) is 2.44. The number of hydrogen-bond donors (Lipinski definition) is 1. The first kappa shape index (κ1) is 14.4. The smallest absolute Gasteiger partial charge is 0.248 e. The fraction of sp³-hybridized carbons (Fsp3) is 0.133. The Morgan fingerprint density at radius 2 is 2.00 bits per heavy atom. The maximum Gasteiger partial charge on any atom is 0.248 e. The van der Waals surface area contributed by atoms with Crippen molar-refractivity contribution in [1.82, 2.24) is 0 Å². The Morgan fingerprint density at radius 1 is 1.20 bits per heavy atom. The van der Waals surface area contributed by atoms with Crippen molar-refractivity contribution in [3.8, 4) is 11.5 Å². The van der Waals surface area contributed by atoms with Crippen molar-refractivity contribution >= 4 is 21.8 Å². The van der Waals surface area contributed by atoms with Gasteiger partial charge in [-0.3, -0.25) is 4.79 Å². The van der Waals surface area contributed by atoms with E-state index in [0.717, 1.165) is 10.0 Å². The summed E-state index contributed by atoms with van der Waals surface area (Å²) in [5.74, 6) is 0.550. The summed E-state index contributed by atoms with van der Waals surface area (Å²) in [5, 5.41) is 0. The van der Waals surface area contributed by atoms with Gasteiger partial charge >= 0.3 is 0 Å². The molecular weight excluding hydrogens is 322 g/mol. The molecule has 0 fully saturated rings. The standard InChI is InChI=1S/C15H14BrNO3/c1-19-13-6-5-11(15(17)18)8-14(13)20-9-10-3-2-4-12(16)7-10/h2-8H,9H2,1H3,(H2,17,18). The van der Waals surface area contributed by atoms with E-state index in [0.29, 0.717) is 23.7 Å². The van der Waals surface area contributed by atoms with Crippen molar-refractivity contribution in [3.63, 3.8) is 0 Å². The number of hydrogen-bond acceptors (Lipinski definition) is 3. The van der Waals surface area contributed by atoms with E-state index in [1.165, 1.54) is 0 Å². The quantitative estimate of drug-likeness (QED) is 0.912. The van der Waals surface area contributed by atoms with Crippen LogP contribution in [0, 0.1) is 0 Å². The van der Waals surface area contributed by atoms with Gasteiger partial charge in [0.05, 0.1) is 7.11 Å². The Labute approximate surface area is 125 Å². The molecule has 0 bridgehead atoms. The maximum absolute atomic E-state index is 11.2. The number of amides is 1. The Bertz CT molecular complexity index is 628. The molecule has 104 valence electrons. The highest BCUT2D eigenvalue weighted by atomic mass is 79.9. The molecule has 0 spiro atoms. The van der Waals surface area contributed by atoms with Gasteiger partial charge in [-0.15, -0.1) is 0 Å². The first-order valence-electron chi connectivity index (χ1n) is 5.95. The number of ether oxygens (including phenoxy) is 2. The van der Waals surface area contributed by atoms with E-state index in [-0.39, 0.29) is 0 Å². The summed E-state index contributed by atoms with van der Waals surface area (Å²) < 4.78 is 11.9. The molecule has 0 aliphatic carbocycles. The first-order valence-corrected chi connectivity index (χ1v) is 6.74. The molecule has 5 heteroatoms. The van der Waals surface area contributed by atoms with Crippen molar-refractivity contribution < 1.29 is 14.3 Å². The third kappa shape index (κ3) is 3.51. The largest absolute Gasteiger partial charge is 0.493 e. The van der Waals surface area contributed by atoms with Gasteiger partial charge in [-0.25, -0.2) is 0 Å². The number of halogens is 1. The van der Waals surface area contributed by atoms with Gasteiger partial charge in [-0.05, 0) is 35.9 Å². The Morgan fingerprint density at radius 3 is 2.65 bits per heavy atom. The van der Waals surface area contributed by atoms with Crippen LogP contribution < -0.4 is 15.2 Å². The van der Waals surface area contributed by atoms with E-state index < -0.39 is 5.91 Å². The molecule has 1 amide bonds. The molecule has 2 aromatic rings. The van der Waals surface area contributed by atoms with Gasteiger partial charge in [-0.1, -0.05) is 28.1 Å². The molecule has 0 aromatic heterocycles. The van der Waals surface area contributed by atoms with Gasteiger partial charge in [0.15, 0.2) is 11.5 Å². The number of benzene rings is 2. The van der Waals surface area contributed by atoms with Crippen LogP contribution in [-0.2, 0) is 6.61 Å². The second kappa shape index (κ2) is 6.43. The van der Waals surface area contributed by atoms with E-state index in [1.807, 2.05) is 24.3 Å². The SMILES string of the molecule is COc1ccc(C(N)=O)cc1OCc1cccc(Br)c1. The van der Waals surface area contributed by atoms with E-state index in [1.54, 1.807) is 25.3 Å². The summed E-state index contributed by atoms with van der Waals surface area (Å²) in [7, 11) is 1.55. The van der Waals surface area contributed by atoms with Crippen LogP contribution in [0.4, 0.5) is 0 Å². The zero-order valence-corrected chi connectivity index (χ0v) is 12.5. The van der Waals surface area contributed by atoms with Gasteiger partial charge in [0.1, 0.15) is 6.61 Å². The van der Waals surface area contributed by atoms with Crippen LogP contribution in [0.25, 0.3) is 0 Å². The zero-order valence-electron chi connectivity index (χ0n) is 10.9. The first-order chi connectivity index (χ1) is 9.60. The van der Waals surface area contributed by atoms with Crippen LogP contribution in [0.15, 0.2) is 46.9 Å². The molecule has 0 unspecified atom stereocenters. The molecule has 0 saturated carbocycles. The molecule has 2 N–H and O–H groups in total. The molecule has 2 rings (SSSR count). The van der Waals surface area contributed by atoms with Crippen LogP contribution in [0.5, 0.6) is 11.5 Å². The molecule has 2 aromatic carbocycles. The number of rotatable bonds is 5. The number of nitrogens with two attached hydrogens (primary N) is 1. The van der Waals surface area contributed by atoms with Gasteiger partial charge in [0, 0.05) is 10.0 Å². The van der Waals surface area contributed by atoms with Gasteiger partial charge in [-0.2, -0.15) is 0 Å². The second-order valence-corrected chi connectivity index (χ2v) is 5.06. The van der Waals surface area contributed by atoms with Crippen LogP contribution in [0.1, 0.15) is 15.9 Å². The summed E-state index contributed by atoms with van der Waals surface area (Å²) in [6, 6.07) is 12.6.